The van der Waals surface area contributed by atoms with E-state index in [9.17, 15) is 26.3 Å². The van der Waals surface area contributed by atoms with Gasteiger partial charge in [-0.2, -0.15) is 26.3 Å². The summed E-state index contributed by atoms with van der Waals surface area (Å²) in [6.45, 7) is 0. The number of alkyl halides is 6. The lowest BCUT2D eigenvalue weighted by Gasteiger charge is -2.28. The van der Waals surface area contributed by atoms with Crippen molar-refractivity contribution in [1.29, 1.82) is 0 Å². The molecule has 1 unspecified atom stereocenters. The van der Waals surface area contributed by atoms with Crippen LogP contribution in [-0.2, 0) is 12.4 Å². The van der Waals surface area contributed by atoms with E-state index in [4.69, 9.17) is 17.3 Å². The van der Waals surface area contributed by atoms with Crippen molar-refractivity contribution in [1.82, 2.24) is 0 Å². The number of nitrogens with one attached hydrogen (secondary N) is 1. The molecule has 10 heteroatoms. The van der Waals surface area contributed by atoms with Gasteiger partial charge >= 0.3 is 12.4 Å². The van der Waals surface area contributed by atoms with E-state index in [0.29, 0.717) is 16.7 Å². The molecule has 0 saturated heterocycles. The summed E-state index contributed by atoms with van der Waals surface area (Å²) in [5.41, 5.74) is 3.33. The first-order valence-corrected chi connectivity index (χ1v) is 8.10. The Balaban J connectivity index is 2.05. The van der Waals surface area contributed by atoms with Crippen LogP contribution in [0, 0.1) is 0 Å². The second-order valence-corrected chi connectivity index (χ2v) is 6.63. The molecule has 1 aliphatic rings. The monoisotopic (exact) mass is 409 g/mol. The summed E-state index contributed by atoms with van der Waals surface area (Å²) in [4.78, 5) is 1.28. The first kappa shape index (κ1) is 19.6. The lowest BCUT2D eigenvalue weighted by atomic mass is 10.0. The van der Waals surface area contributed by atoms with Crippen molar-refractivity contribution >= 4 is 23.0 Å². The van der Waals surface area contributed by atoms with Gasteiger partial charge in [0, 0.05) is 12.1 Å². The van der Waals surface area contributed by atoms with Crippen molar-refractivity contribution in [2.45, 2.75) is 24.6 Å². The number of benzene rings is 2. The number of nitrogens with two attached hydrogens (primary N) is 1. The van der Waals surface area contributed by atoms with Gasteiger partial charge in [-0.15, -0.1) is 0 Å². The maximum atomic E-state index is 13.4. The molecule has 2 atom stereocenters. The van der Waals surface area contributed by atoms with Gasteiger partial charge in [0.2, 0.25) is 0 Å². The highest BCUT2D eigenvalue weighted by Gasteiger charge is 2.44. The second kappa shape index (κ2) is 6.49. The minimum Gasteiger partial charge on any atom is -0.361 e. The van der Waals surface area contributed by atoms with Gasteiger partial charge in [0.25, 0.3) is 0 Å². The Hall–Kier alpha value is -2.13. The molecule has 0 aromatic heterocycles. The lowest BCUT2D eigenvalue weighted by Crippen LogP contribution is -2.42. The third-order valence-corrected chi connectivity index (χ3v) is 4.69. The fourth-order valence-electron chi connectivity index (χ4n) is 3.04. The zero-order valence-corrected chi connectivity index (χ0v) is 14.5. The number of hydrogen-bond donors (Lipinski definition) is 2. The largest absolute Gasteiger partial charge is 0.418 e. The Bertz CT molecular complexity index is 847. The third-order valence-electron chi connectivity index (χ3n) is 4.43. The summed E-state index contributed by atoms with van der Waals surface area (Å²) in [6, 6.07) is 6.34. The van der Waals surface area contributed by atoms with Gasteiger partial charge in [-0.3, -0.25) is 0 Å². The van der Waals surface area contributed by atoms with E-state index in [1.807, 2.05) is 0 Å². The molecule has 1 aliphatic heterocycles. The van der Waals surface area contributed by atoms with Gasteiger partial charge < -0.3 is 16.0 Å². The van der Waals surface area contributed by atoms with Gasteiger partial charge in [0.15, 0.2) is 0 Å². The zero-order valence-electron chi connectivity index (χ0n) is 13.8. The number of hydrogen-bond acceptors (Lipinski definition) is 3. The quantitative estimate of drug-likeness (QED) is 0.664. The van der Waals surface area contributed by atoms with Gasteiger partial charge in [-0.1, -0.05) is 23.7 Å². The summed E-state index contributed by atoms with van der Waals surface area (Å²) in [5, 5.41) is 3.09. The number of anilines is 2. The highest BCUT2D eigenvalue weighted by atomic mass is 35.5. The molecule has 0 fully saturated rings. The Morgan fingerprint density at radius 2 is 1.63 bits per heavy atom. The van der Waals surface area contributed by atoms with Crippen LogP contribution < -0.4 is 16.0 Å². The number of likely N-dealkylation sites (N-methyl/N-ethyl adjacent to an activating group) is 1. The lowest BCUT2D eigenvalue weighted by molar-refractivity contribution is -0.142. The van der Waals surface area contributed by atoms with Crippen LogP contribution in [-0.4, -0.2) is 13.2 Å². The van der Waals surface area contributed by atoms with Crippen LogP contribution in [0.25, 0.3) is 0 Å². The average molecular weight is 410 g/mol. The van der Waals surface area contributed by atoms with E-state index in [-0.39, 0.29) is 11.8 Å². The summed E-state index contributed by atoms with van der Waals surface area (Å²) < 4.78 is 79.3. The van der Waals surface area contributed by atoms with Crippen molar-refractivity contribution in [3.8, 4) is 0 Å². The Labute approximate surface area is 155 Å². The van der Waals surface area contributed by atoms with Gasteiger partial charge in [0.1, 0.15) is 6.17 Å². The van der Waals surface area contributed by atoms with Crippen LogP contribution in [0.5, 0.6) is 0 Å². The molecule has 146 valence electrons. The summed E-state index contributed by atoms with van der Waals surface area (Å²) in [5.74, 6) is 0. The molecule has 0 bridgehead atoms. The molecule has 0 aliphatic carbocycles. The molecule has 2 aromatic carbocycles. The highest BCUT2D eigenvalue weighted by molar-refractivity contribution is 6.30. The van der Waals surface area contributed by atoms with Crippen LogP contribution in [0.3, 0.4) is 0 Å². The number of nitrogens with zero attached hydrogens (tertiary/aromatic N) is 1. The first-order valence-electron chi connectivity index (χ1n) is 7.72. The Kier molecular flexibility index (Phi) is 4.72. The molecule has 0 amide bonds. The molecule has 3 rings (SSSR count). The van der Waals surface area contributed by atoms with Gasteiger partial charge in [-0.05, 0) is 29.8 Å². The smallest absolute Gasteiger partial charge is 0.361 e. The van der Waals surface area contributed by atoms with Crippen molar-refractivity contribution in [2.24, 2.45) is 5.73 Å². The predicted molar refractivity (Wildman–Crippen MR) is 90.6 cm³/mol. The minimum atomic E-state index is -4.96. The maximum absolute atomic E-state index is 13.4. The molecule has 3 N–H and O–H groups in total. The zero-order chi connectivity index (χ0) is 20.1. The average Bonchev–Trinajstić information content (AvgIpc) is 2.89. The van der Waals surface area contributed by atoms with Gasteiger partial charge in [0.05, 0.1) is 28.5 Å². The standard InChI is InChI=1S/C17H14ClF6N3/c1-27-12-7-9(16(19,20)21)6-11(17(22,23)24)14(12)26-15(27)13(25)8-2-4-10(18)5-3-8/h2-7,13,15,26H,25H2,1H3/t13-,15?/m0/s1. The molecule has 0 spiro atoms. The van der Waals surface area contributed by atoms with Crippen molar-refractivity contribution in [2.75, 3.05) is 17.3 Å². The Morgan fingerprint density at radius 3 is 2.15 bits per heavy atom. The number of rotatable bonds is 2. The summed E-state index contributed by atoms with van der Waals surface area (Å²) >= 11 is 5.81. The topological polar surface area (TPSA) is 41.3 Å². The van der Waals surface area contributed by atoms with Crippen molar-refractivity contribution in [3.05, 3.63) is 58.1 Å². The van der Waals surface area contributed by atoms with E-state index in [2.05, 4.69) is 5.32 Å². The SMILES string of the molecule is CN1c2cc(C(F)(F)F)cc(C(F)(F)F)c2NC1[C@@H](N)c1ccc(Cl)cc1. The number of fused-ring (bicyclic) bond motifs is 1. The minimum absolute atomic E-state index is 0.107. The fourth-order valence-corrected chi connectivity index (χ4v) is 3.16. The van der Waals surface area contributed by atoms with E-state index in [0.717, 1.165) is 0 Å². The van der Waals surface area contributed by atoms with Crippen LogP contribution in [0.15, 0.2) is 36.4 Å². The molecule has 3 nitrogen and oxygen atoms in total. The van der Waals surface area contributed by atoms with Crippen molar-refractivity contribution < 1.29 is 26.3 Å². The molecule has 1 heterocycles. The third kappa shape index (κ3) is 3.66. The molecule has 0 saturated carbocycles. The highest BCUT2D eigenvalue weighted by Crippen LogP contribution is 2.48. The number of halogens is 7. The predicted octanol–water partition coefficient (Wildman–Crippen LogP) is 5.27. The fraction of sp³-hybridized carbons (Fsp3) is 0.294. The van der Waals surface area contributed by atoms with Crippen LogP contribution in [0.2, 0.25) is 5.02 Å². The van der Waals surface area contributed by atoms with E-state index in [1.165, 1.54) is 11.9 Å². The first-order chi connectivity index (χ1) is 12.4. The van der Waals surface area contributed by atoms with E-state index in [1.54, 1.807) is 24.3 Å². The molecular weight excluding hydrogens is 396 g/mol. The van der Waals surface area contributed by atoms with Crippen molar-refractivity contribution in [3.63, 3.8) is 0 Å². The van der Waals surface area contributed by atoms with E-state index < -0.39 is 41.4 Å². The van der Waals surface area contributed by atoms with Crippen LogP contribution in [0.1, 0.15) is 22.7 Å². The molecule has 0 radical (unpaired) electrons. The van der Waals surface area contributed by atoms with Gasteiger partial charge in [-0.25, -0.2) is 0 Å². The Morgan fingerprint density at radius 1 is 1.04 bits per heavy atom. The normalized spacial score (nSPS) is 18.3. The van der Waals surface area contributed by atoms with Crippen LogP contribution >= 0.6 is 11.6 Å². The summed E-state index contributed by atoms with van der Waals surface area (Å²) in [7, 11) is 1.39. The molecule has 2 aromatic rings. The summed E-state index contributed by atoms with van der Waals surface area (Å²) in [6.07, 6.45) is -10.7. The molecular formula is C17H14ClF6N3. The maximum Gasteiger partial charge on any atom is 0.418 e. The molecule has 27 heavy (non-hydrogen) atoms. The van der Waals surface area contributed by atoms with Crippen LogP contribution in [0.4, 0.5) is 37.7 Å². The van der Waals surface area contributed by atoms with E-state index >= 15 is 0 Å². The second-order valence-electron chi connectivity index (χ2n) is 6.19.